The minimum atomic E-state index is -0.0569. The third-order valence-electron chi connectivity index (χ3n) is 8.08. The summed E-state index contributed by atoms with van der Waals surface area (Å²) < 4.78 is 15.2. The Balaban J connectivity index is 1.26. The van der Waals surface area contributed by atoms with E-state index in [1.54, 1.807) is 11.6 Å². The number of likely N-dealkylation sites (tertiary alicyclic amines) is 1. The summed E-state index contributed by atoms with van der Waals surface area (Å²) in [6.07, 6.45) is 7.41. The van der Waals surface area contributed by atoms with Crippen molar-refractivity contribution in [2.24, 2.45) is 7.05 Å². The maximum atomic E-state index is 13.2. The second-order valence-electron chi connectivity index (χ2n) is 10.5. The number of rotatable bonds is 7. The first-order chi connectivity index (χ1) is 18.6. The van der Waals surface area contributed by atoms with Crippen LogP contribution in [0.1, 0.15) is 56.9 Å². The van der Waals surface area contributed by atoms with Crippen LogP contribution in [0.15, 0.2) is 41.3 Å². The van der Waals surface area contributed by atoms with Crippen LogP contribution in [0.5, 0.6) is 0 Å². The van der Waals surface area contributed by atoms with Gasteiger partial charge < -0.3 is 14.4 Å². The van der Waals surface area contributed by atoms with E-state index in [1.807, 2.05) is 29.0 Å². The summed E-state index contributed by atoms with van der Waals surface area (Å²) in [5.74, 6) is 0. The van der Waals surface area contributed by atoms with Crippen molar-refractivity contribution in [3.8, 4) is 11.1 Å². The van der Waals surface area contributed by atoms with E-state index >= 15 is 0 Å². The lowest BCUT2D eigenvalue weighted by molar-refractivity contribution is 0.0419. The molecule has 2 saturated heterocycles. The van der Waals surface area contributed by atoms with Crippen LogP contribution < -0.4 is 5.69 Å². The number of piperidine rings is 1. The molecule has 0 N–H and O–H groups in total. The highest BCUT2D eigenvalue weighted by atomic mass is 16.5. The van der Waals surface area contributed by atoms with Gasteiger partial charge in [0.25, 0.3) is 0 Å². The van der Waals surface area contributed by atoms with Crippen LogP contribution in [0.3, 0.4) is 0 Å². The van der Waals surface area contributed by atoms with Crippen molar-refractivity contribution in [1.82, 2.24) is 29.2 Å². The smallest absolute Gasteiger partial charge is 0.330 e. The van der Waals surface area contributed by atoms with Gasteiger partial charge in [0.2, 0.25) is 0 Å². The lowest BCUT2D eigenvalue weighted by Gasteiger charge is -2.26. The van der Waals surface area contributed by atoms with Crippen LogP contribution in [0.4, 0.5) is 0 Å². The molecule has 9 nitrogen and oxygen atoms in total. The van der Waals surface area contributed by atoms with Crippen molar-refractivity contribution in [1.29, 1.82) is 0 Å². The molecule has 0 aliphatic carbocycles. The average molecular weight is 517 g/mol. The number of aromatic nitrogens is 5. The monoisotopic (exact) mass is 516 g/mol. The van der Waals surface area contributed by atoms with Crippen molar-refractivity contribution in [3.05, 3.63) is 52.7 Å². The fraction of sp³-hybridized carbons (Fsp3) is 0.517. The fourth-order valence-corrected chi connectivity index (χ4v) is 5.80. The number of aryl methyl sites for hydroxylation is 1. The molecule has 4 aromatic rings. The predicted octanol–water partition coefficient (Wildman–Crippen LogP) is 4.26. The molecule has 2 aliphatic heterocycles. The summed E-state index contributed by atoms with van der Waals surface area (Å²) in [5, 5.41) is 9.75. The van der Waals surface area contributed by atoms with Crippen LogP contribution in [-0.4, -0.2) is 68.7 Å². The Morgan fingerprint density at radius 1 is 1.05 bits per heavy atom. The van der Waals surface area contributed by atoms with Crippen molar-refractivity contribution < 1.29 is 9.47 Å². The summed E-state index contributed by atoms with van der Waals surface area (Å²) in [4.78, 5) is 20.5. The summed E-state index contributed by atoms with van der Waals surface area (Å²) in [6.45, 7) is 7.45. The zero-order chi connectivity index (χ0) is 26.1. The van der Waals surface area contributed by atoms with E-state index in [4.69, 9.17) is 14.5 Å². The summed E-state index contributed by atoms with van der Waals surface area (Å²) in [6, 6.07) is 10.4. The molecule has 200 valence electrons. The number of benzene rings is 1. The zero-order valence-corrected chi connectivity index (χ0v) is 22.3. The number of fused-ring (bicyclic) bond motifs is 3. The predicted molar refractivity (Wildman–Crippen MR) is 147 cm³/mol. The van der Waals surface area contributed by atoms with Gasteiger partial charge in [0, 0.05) is 50.0 Å². The van der Waals surface area contributed by atoms with Gasteiger partial charge >= 0.3 is 5.69 Å². The van der Waals surface area contributed by atoms with Crippen LogP contribution in [-0.2, 0) is 16.5 Å². The largest absolute Gasteiger partial charge is 0.381 e. The van der Waals surface area contributed by atoms with Gasteiger partial charge in [-0.05, 0) is 69.5 Å². The van der Waals surface area contributed by atoms with E-state index < -0.39 is 0 Å². The van der Waals surface area contributed by atoms with Crippen molar-refractivity contribution in [2.75, 3.05) is 39.5 Å². The second-order valence-corrected chi connectivity index (χ2v) is 10.5. The number of imidazole rings is 1. The minimum absolute atomic E-state index is 0.0561. The first kappa shape index (κ1) is 25.2. The molecule has 0 saturated carbocycles. The van der Waals surface area contributed by atoms with Crippen LogP contribution >= 0.6 is 0 Å². The number of hydrogen-bond acceptors (Lipinski definition) is 7. The normalized spacial score (nSPS) is 18.4. The minimum Gasteiger partial charge on any atom is -0.381 e. The van der Waals surface area contributed by atoms with Crippen molar-refractivity contribution >= 4 is 22.1 Å². The third kappa shape index (κ3) is 4.86. The molecule has 0 unspecified atom stereocenters. The van der Waals surface area contributed by atoms with E-state index in [-0.39, 0.29) is 17.8 Å². The van der Waals surface area contributed by atoms with Crippen LogP contribution in [0.25, 0.3) is 33.2 Å². The Hall–Kier alpha value is -3.14. The molecule has 1 aromatic carbocycles. The lowest BCUT2D eigenvalue weighted by Crippen LogP contribution is -2.32. The quantitative estimate of drug-likeness (QED) is 0.363. The molecule has 0 spiro atoms. The maximum Gasteiger partial charge on any atom is 0.330 e. The highest BCUT2D eigenvalue weighted by Gasteiger charge is 2.24. The summed E-state index contributed by atoms with van der Waals surface area (Å²) >= 11 is 0. The van der Waals surface area contributed by atoms with Gasteiger partial charge in [0.1, 0.15) is 5.52 Å². The number of nitrogens with zero attached hydrogens (tertiary/aromatic N) is 6. The molecule has 3 aromatic heterocycles. The molecule has 6 rings (SSSR count). The lowest BCUT2D eigenvalue weighted by atomic mass is 10.0. The van der Waals surface area contributed by atoms with Gasteiger partial charge in [-0.15, -0.1) is 10.2 Å². The third-order valence-corrected chi connectivity index (χ3v) is 8.08. The van der Waals surface area contributed by atoms with Gasteiger partial charge in [0.05, 0.1) is 23.9 Å². The van der Waals surface area contributed by atoms with E-state index in [0.717, 1.165) is 59.2 Å². The molecule has 2 fully saturated rings. The van der Waals surface area contributed by atoms with Gasteiger partial charge in [-0.1, -0.05) is 18.6 Å². The summed E-state index contributed by atoms with van der Waals surface area (Å²) in [5.41, 5.74) is 5.13. The first-order valence-electron chi connectivity index (χ1n) is 13.9. The zero-order valence-electron chi connectivity index (χ0n) is 22.3. The van der Waals surface area contributed by atoms with E-state index in [9.17, 15) is 4.79 Å². The Morgan fingerprint density at radius 3 is 2.61 bits per heavy atom. The molecule has 0 radical (unpaired) electrons. The Labute approximate surface area is 222 Å². The molecule has 1 atom stereocenters. The van der Waals surface area contributed by atoms with Crippen LogP contribution in [0.2, 0.25) is 0 Å². The van der Waals surface area contributed by atoms with Gasteiger partial charge in [0.15, 0.2) is 5.65 Å². The number of pyridine rings is 1. The van der Waals surface area contributed by atoms with Crippen LogP contribution in [0, 0.1) is 0 Å². The topological polar surface area (TPSA) is 87.3 Å². The molecular weight excluding hydrogens is 480 g/mol. The second kappa shape index (κ2) is 10.9. The number of hydrogen-bond donors (Lipinski definition) is 0. The molecule has 2 aliphatic rings. The van der Waals surface area contributed by atoms with Gasteiger partial charge in [-0.2, -0.15) is 0 Å². The number of ether oxygens (including phenoxy) is 2. The standard InChI is InChI=1S/C29H36N6O3/c1-20(38-17-14-34-12-4-3-5-13-34)25-8-7-22(19-30-25)21-6-9-26-24(18-21)27-28(32-31-26)33(2)29(36)35(27)23-10-15-37-16-11-23/h6-9,18-20,23H,3-5,10-17H2,1-2H3/t20-/m1/s1. The van der Waals surface area contributed by atoms with Crippen molar-refractivity contribution in [2.45, 2.75) is 51.2 Å². The summed E-state index contributed by atoms with van der Waals surface area (Å²) in [7, 11) is 1.77. The average Bonchev–Trinajstić information content (AvgIpc) is 3.23. The van der Waals surface area contributed by atoms with Gasteiger partial charge in [-0.3, -0.25) is 14.1 Å². The molecule has 9 heteroatoms. The van der Waals surface area contributed by atoms with Crippen molar-refractivity contribution in [3.63, 3.8) is 0 Å². The Kier molecular flexibility index (Phi) is 7.23. The van der Waals surface area contributed by atoms with E-state index in [0.29, 0.717) is 18.9 Å². The molecule has 38 heavy (non-hydrogen) atoms. The Bertz CT molecular complexity index is 1470. The molecular formula is C29H36N6O3. The first-order valence-corrected chi connectivity index (χ1v) is 13.9. The highest BCUT2D eigenvalue weighted by Crippen LogP contribution is 2.31. The SMILES string of the molecule is C[C@@H](OCCN1CCCCC1)c1ccc(-c2ccc3nnc4c(c3c2)n(C2CCOCC2)c(=O)n4C)cn1. The molecule has 5 heterocycles. The van der Waals surface area contributed by atoms with Gasteiger partial charge in [-0.25, -0.2) is 4.79 Å². The molecule has 0 bridgehead atoms. The fourth-order valence-electron chi connectivity index (χ4n) is 5.80. The maximum absolute atomic E-state index is 13.2. The van der Waals surface area contributed by atoms with E-state index in [2.05, 4.69) is 34.2 Å². The van der Waals surface area contributed by atoms with E-state index in [1.165, 1.54) is 32.4 Å². The Morgan fingerprint density at radius 2 is 1.84 bits per heavy atom. The molecule has 0 amide bonds. The highest BCUT2D eigenvalue weighted by molar-refractivity contribution is 6.02.